The molecule has 110 valence electrons. The van der Waals surface area contributed by atoms with E-state index in [0.717, 1.165) is 36.5 Å². The van der Waals surface area contributed by atoms with Crippen LogP contribution in [0.3, 0.4) is 0 Å². The number of hydrogen-bond acceptors (Lipinski definition) is 2. The molecule has 1 aliphatic carbocycles. The number of benzene rings is 1. The Kier molecular flexibility index (Phi) is 5.80. The van der Waals surface area contributed by atoms with Crippen molar-refractivity contribution in [2.45, 2.75) is 32.7 Å². The number of ether oxygens (including phenoxy) is 1. The maximum absolute atomic E-state index is 5.59. The summed E-state index contributed by atoms with van der Waals surface area (Å²) in [5.74, 6) is 0.784. The van der Waals surface area contributed by atoms with E-state index in [2.05, 4.69) is 17.1 Å². The summed E-state index contributed by atoms with van der Waals surface area (Å²) >= 11 is 5.59. The highest BCUT2D eigenvalue weighted by Gasteiger charge is 2.33. The maximum atomic E-state index is 5.59. The second-order valence-electron chi connectivity index (χ2n) is 5.26. The third-order valence-corrected chi connectivity index (χ3v) is 4.10. The van der Waals surface area contributed by atoms with Gasteiger partial charge in [-0.15, -0.1) is 0 Å². The van der Waals surface area contributed by atoms with E-state index in [1.807, 2.05) is 37.3 Å². The van der Waals surface area contributed by atoms with Crippen molar-refractivity contribution in [3.63, 3.8) is 0 Å². The summed E-state index contributed by atoms with van der Waals surface area (Å²) < 4.78 is 5.49. The first-order valence-electron chi connectivity index (χ1n) is 7.42. The molecule has 1 aromatic carbocycles. The van der Waals surface area contributed by atoms with Gasteiger partial charge in [0, 0.05) is 24.9 Å². The fourth-order valence-corrected chi connectivity index (χ4v) is 2.72. The molecule has 0 radical (unpaired) electrons. The molecular formula is C16H24N2OS. The second kappa shape index (κ2) is 7.60. The Bertz CT molecular complexity index is 420. The van der Waals surface area contributed by atoms with Gasteiger partial charge in [0.1, 0.15) is 0 Å². The number of rotatable bonds is 7. The highest BCUT2D eigenvalue weighted by molar-refractivity contribution is 7.80. The van der Waals surface area contributed by atoms with E-state index >= 15 is 0 Å². The number of hydrogen-bond donors (Lipinski definition) is 1. The standard InChI is InChI=1S/C16H24N2OS/c1-3-19-12-11-18(13(2)14-9-10-14)16(20)17-15-7-5-4-6-8-15/h4-8,13-14H,3,9-12H2,1-2H3,(H,17,20)/t13-/m1/s1. The van der Waals surface area contributed by atoms with Crippen LogP contribution in [0.1, 0.15) is 26.7 Å². The Morgan fingerprint density at radius 3 is 2.70 bits per heavy atom. The molecule has 0 aromatic heterocycles. The lowest BCUT2D eigenvalue weighted by molar-refractivity contribution is 0.122. The number of nitrogens with one attached hydrogen (secondary N) is 1. The van der Waals surface area contributed by atoms with Gasteiger partial charge in [-0.05, 0) is 57.0 Å². The van der Waals surface area contributed by atoms with E-state index in [0.29, 0.717) is 6.04 Å². The molecule has 0 saturated heterocycles. The minimum absolute atomic E-state index is 0.485. The normalized spacial score (nSPS) is 15.7. The molecule has 1 saturated carbocycles. The Labute approximate surface area is 127 Å². The fourth-order valence-electron chi connectivity index (χ4n) is 2.35. The molecule has 1 aromatic rings. The third-order valence-electron chi connectivity index (χ3n) is 3.76. The molecule has 1 fully saturated rings. The first-order valence-corrected chi connectivity index (χ1v) is 7.83. The van der Waals surface area contributed by atoms with Gasteiger partial charge in [0.15, 0.2) is 5.11 Å². The molecule has 4 heteroatoms. The predicted octanol–water partition coefficient (Wildman–Crippen LogP) is 3.52. The van der Waals surface area contributed by atoms with Crippen LogP contribution >= 0.6 is 12.2 Å². The van der Waals surface area contributed by atoms with Gasteiger partial charge in [-0.2, -0.15) is 0 Å². The van der Waals surface area contributed by atoms with Gasteiger partial charge in [0.2, 0.25) is 0 Å². The van der Waals surface area contributed by atoms with Crippen LogP contribution in [0.15, 0.2) is 30.3 Å². The largest absolute Gasteiger partial charge is 0.380 e. The molecule has 0 bridgehead atoms. The van der Waals surface area contributed by atoms with Crippen molar-refractivity contribution in [2.24, 2.45) is 5.92 Å². The number of anilines is 1. The molecule has 0 amide bonds. The average molecular weight is 292 g/mol. The summed E-state index contributed by atoms with van der Waals surface area (Å²) in [5, 5.41) is 4.14. The van der Waals surface area contributed by atoms with Crippen molar-refractivity contribution >= 4 is 23.0 Å². The van der Waals surface area contributed by atoms with Gasteiger partial charge in [-0.3, -0.25) is 0 Å². The van der Waals surface area contributed by atoms with Crippen molar-refractivity contribution in [1.82, 2.24) is 4.90 Å². The Morgan fingerprint density at radius 1 is 1.40 bits per heavy atom. The van der Waals surface area contributed by atoms with Gasteiger partial charge in [0.25, 0.3) is 0 Å². The number of para-hydroxylation sites is 1. The monoisotopic (exact) mass is 292 g/mol. The van der Waals surface area contributed by atoms with Crippen LogP contribution in [0.2, 0.25) is 0 Å². The molecule has 1 N–H and O–H groups in total. The minimum Gasteiger partial charge on any atom is -0.380 e. The third kappa shape index (κ3) is 4.46. The van der Waals surface area contributed by atoms with Crippen molar-refractivity contribution in [3.8, 4) is 0 Å². The lowest BCUT2D eigenvalue weighted by atomic mass is 10.2. The molecule has 0 heterocycles. The SMILES string of the molecule is CCOCCN(C(=S)Nc1ccccc1)[C@H](C)C1CC1. The molecule has 1 atom stereocenters. The Hall–Kier alpha value is -1.13. The van der Waals surface area contributed by atoms with Gasteiger partial charge in [0.05, 0.1) is 6.61 Å². The maximum Gasteiger partial charge on any atom is 0.173 e. The number of nitrogens with zero attached hydrogens (tertiary/aromatic N) is 1. The first-order chi connectivity index (χ1) is 9.72. The first kappa shape index (κ1) is 15.3. The summed E-state index contributed by atoms with van der Waals surface area (Å²) in [6.07, 6.45) is 2.64. The van der Waals surface area contributed by atoms with Crippen LogP contribution in [-0.2, 0) is 4.74 Å². The van der Waals surface area contributed by atoms with Crippen molar-refractivity contribution in [1.29, 1.82) is 0 Å². The Balaban J connectivity index is 1.95. The van der Waals surface area contributed by atoms with E-state index in [4.69, 9.17) is 17.0 Å². The molecule has 2 rings (SSSR count). The van der Waals surface area contributed by atoms with E-state index < -0.39 is 0 Å². The van der Waals surface area contributed by atoms with Crippen LogP contribution < -0.4 is 5.32 Å². The molecule has 1 aliphatic rings. The zero-order valence-corrected chi connectivity index (χ0v) is 13.2. The summed E-state index contributed by atoms with van der Waals surface area (Å²) in [5.41, 5.74) is 1.04. The molecule has 3 nitrogen and oxygen atoms in total. The van der Waals surface area contributed by atoms with Crippen molar-refractivity contribution < 1.29 is 4.74 Å². The fraction of sp³-hybridized carbons (Fsp3) is 0.562. The molecular weight excluding hydrogens is 268 g/mol. The van der Waals surface area contributed by atoms with Crippen molar-refractivity contribution in [2.75, 3.05) is 25.1 Å². The predicted molar refractivity (Wildman–Crippen MR) is 88.0 cm³/mol. The van der Waals surface area contributed by atoms with Gasteiger partial charge >= 0.3 is 0 Å². The highest BCUT2D eigenvalue weighted by Crippen LogP contribution is 2.35. The zero-order valence-electron chi connectivity index (χ0n) is 12.3. The minimum atomic E-state index is 0.485. The highest BCUT2D eigenvalue weighted by atomic mass is 32.1. The van der Waals surface area contributed by atoms with Crippen LogP contribution in [0.5, 0.6) is 0 Å². The summed E-state index contributed by atoms with van der Waals surface area (Å²) in [7, 11) is 0. The van der Waals surface area contributed by atoms with Crippen LogP contribution in [0.25, 0.3) is 0 Å². The topological polar surface area (TPSA) is 24.5 Å². The lowest BCUT2D eigenvalue weighted by Crippen LogP contribution is -2.44. The van der Waals surface area contributed by atoms with Crippen molar-refractivity contribution in [3.05, 3.63) is 30.3 Å². The summed E-state index contributed by atoms with van der Waals surface area (Å²) in [4.78, 5) is 2.27. The van der Waals surface area contributed by atoms with Gasteiger partial charge < -0.3 is 15.0 Å². The quantitative estimate of drug-likeness (QED) is 0.614. The lowest BCUT2D eigenvalue weighted by Gasteiger charge is -2.32. The summed E-state index contributed by atoms with van der Waals surface area (Å²) in [6, 6.07) is 10.6. The molecule has 0 unspecified atom stereocenters. The molecule has 20 heavy (non-hydrogen) atoms. The van der Waals surface area contributed by atoms with E-state index in [1.165, 1.54) is 12.8 Å². The Morgan fingerprint density at radius 2 is 2.10 bits per heavy atom. The smallest absolute Gasteiger partial charge is 0.173 e. The summed E-state index contributed by atoms with van der Waals surface area (Å²) in [6.45, 7) is 6.62. The van der Waals surface area contributed by atoms with Gasteiger partial charge in [-0.1, -0.05) is 18.2 Å². The van der Waals surface area contributed by atoms with Crippen LogP contribution in [-0.4, -0.2) is 35.8 Å². The molecule has 0 spiro atoms. The van der Waals surface area contributed by atoms with Crippen LogP contribution in [0.4, 0.5) is 5.69 Å². The second-order valence-corrected chi connectivity index (χ2v) is 5.65. The molecule has 0 aliphatic heterocycles. The average Bonchev–Trinajstić information content (AvgIpc) is 3.28. The van der Waals surface area contributed by atoms with E-state index in [-0.39, 0.29) is 0 Å². The number of thiocarbonyl (C=S) groups is 1. The zero-order chi connectivity index (χ0) is 14.4. The van der Waals surface area contributed by atoms with Gasteiger partial charge in [-0.25, -0.2) is 0 Å². The van der Waals surface area contributed by atoms with E-state index in [1.54, 1.807) is 0 Å². The van der Waals surface area contributed by atoms with E-state index in [9.17, 15) is 0 Å². The van der Waals surface area contributed by atoms with Crippen LogP contribution in [0, 0.1) is 5.92 Å².